The first kappa shape index (κ1) is 12.2. The summed E-state index contributed by atoms with van der Waals surface area (Å²) in [7, 11) is 1.34. The van der Waals surface area contributed by atoms with Crippen molar-refractivity contribution in [1.29, 1.82) is 0 Å². The van der Waals surface area contributed by atoms with E-state index >= 15 is 0 Å². The van der Waals surface area contributed by atoms with Crippen molar-refractivity contribution in [2.45, 2.75) is 13.3 Å². The molecule has 2 N–H and O–H groups in total. The summed E-state index contributed by atoms with van der Waals surface area (Å²) in [6.07, 6.45) is 0.0670. The molecular formula is C13H14N2O3. The maximum Gasteiger partial charge on any atom is 0.311 e. The number of para-hydroxylation sites is 1. The number of benzene rings is 1. The Labute approximate surface area is 105 Å². The average Bonchev–Trinajstić information content (AvgIpc) is 2.71. The zero-order chi connectivity index (χ0) is 13.1. The van der Waals surface area contributed by atoms with Crippen LogP contribution in [-0.2, 0) is 16.0 Å². The van der Waals surface area contributed by atoms with E-state index in [1.165, 1.54) is 7.11 Å². The van der Waals surface area contributed by atoms with Crippen molar-refractivity contribution in [2.24, 2.45) is 0 Å². The zero-order valence-electron chi connectivity index (χ0n) is 10.3. The molecule has 0 aliphatic heterocycles. The number of ether oxygens (including phenoxy) is 1. The molecule has 1 aromatic carbocycles. The number of anilines is 1. The minimum atomic E-state index is -0.362. The van der Waals surface area contributed by atoms with E-state index in [-0.39, 0.29) is 12.4 Å². The molecule has 0 spiro atoms. The number of carbonyl (C=O) groups excluding carboxylic acids is 1. The molecule has 18 heavy (non-hydrogen) atoms. The molecule has 0 fully saturated rings. The lowest BCUT2D eigenvalue weighted by molar-refractivity contribution is -0.139. The standard InChI is InChI=1S/C13H14N2O3/c1-8-13(9-5-3-4-6-10(9)14)11(15-18-8)7-12(16)17-2/h3-6H,7,14H2,1-2H3. The van der Waals surface area contributed by atoms with Crippen molar-refractivity contribution >= 4 is 11.7 Å². The molecule has 0 aliphatic rings. The Kier molecular flexibility index (Phi) is 3.32. The summed E-state index contributed by atoms with van der Waals surface area (Å²) < 4.78 is 9.77. The number of hydrogen-bond acceptors (Lipinski definition) is 5. The van der Waals surface area contributed by atoms with Crippen molar-refractivity contribution in [1.82, 2.24) is 5.16 Å². The Balaban J connectivity index is 2.47. The van der Waals surface area contributed by atoms with E-state index in [1.807, 2.05) is 18.2 Å². The van der Waals surface area contributed by atoms with Gasteiger partial charge >= 0.3 is 5.97 Å². The number of carbonyl (C=O) groups is 1. The number of aryl methyl sites for hydroxylation is 1. The molecule has 0 unspecified atom stereocenters. The van der Waals surface area contributed by atoms with Gasteiger partial charge in [0.1, 0.15) is 11.5 Å². The predicted molar refractivity (Wildman–Crippen MR) is 66.8 cm³/mol. The fraction of sp³-hybridized carbons (Fsp3) is 0.231. The monoisotopic (exact) mass is 246 g/mol. The number of rotatable bonds is 3. The maximum atomic E-state index is 11.3. The summed E-state index contributed by atoms with van der Waals surface area (Å²) in [6.45, 7) is 1.79. The van der Waals surface area contributed by atoms with Gasteiger partial charge in [0, 0.05) is 11.3 Å². The molecule has 0 bridgehead atoms. The molecule has 2 rings (SSSR count). The van der Waals surface area contributed by atoms with Crippen LogP contribution in [0.15, 0.2) is 28.8 Å². The largest absolute Gasteiger partial charge is 0.469 e. The number of methoxy groups -OCH3 is 1. The zero-order valence-corrected chi connectivity index (χ0v) is 10.3. The first-order valence-corrected chi connectivity index (χ1v) is 5.50. The van der Waals surface area contributed by atoms with E-state index in [4.69, 9.17) is 10.3 Å². The molecule has 0 amide bonds. The molecule has 5 nitrogen and oxygen atoms in total. The third kappa shape index (κ3) is 2.20. The molecule has 94 valence electrons. The molecule has 1 heterocycles. The summed E-state index contributed by atoms with van der Waals surface area (Å²) in [6, 6.07) is 7.39. The van der Waals surface area contributed by atoms with Crippen LogP contribution in [0.25, 0.3) is 11.1 Å². The highest BCUT2D eigenvalue weighted by Crippen LogP contribution is 2.31. The van der Waals surface area contributed by atoms with Crippen LogP contribution in [0.5, 0.6) is 0 Å². The van der Waals surface area contributed by atoms with Gasteiger partial charge in [-0.1, -0.05) is 23.4 Å². The number of aromatic nitrogens is 1. The van der Waals surface area contributed by atoms with Crippen LogP contribution in [0.2, 0.25) is 0 Å². The number of esters is 1. The lowest BCUT2D eigenvalue weighted by Crippen LogP contribution is -2.06. The van der Waals surface area contributed by atoms with Crippen molar-refractivity contribution < 1.29 is 14.1 Å². The van der Waals surface area contributed by atoms with Crippen LogP contribution in [0.4, 0.5) is 5.69 Å². The maximum absolute atomic E-state index is 11.3. The third-order valence-electron chi connectivity index (χ3n) is 2.70. The highest BCUT2D eigenvalue weighted by atomic mass is 16.5. The summed E-state index contributed by atoms with van der Waals surface area (Å²) >= 11 is 0. The van der Waals surface area contributed by atoms with Crippen molar-refractivity contribution in [2.75, 3.05) is 12.8 Å². The lowest BCUT2D eigenvalue weighted by Gasteiger charge is -2.05. The van der Waals surface area contributed by atoms with E-state index in [9.17, 15) is 4.79 Å². The van der Waals surface area contributed by atoms with Crippen LogP contribution in [-0.4, -0.2) is 18.2 Å². The Morgan fingerprint density at radius 1 is 1.44 bits per heavy atom. The van der Waals surface area contributed by atoms with Crippen LogP contribution in [0.3, 0.4) is 0 Å². The molecule has 0 saturated heterocycles. The Hall–Kier alpha value is -2.30. The first-order valence-electron chi connectivity index (χ1n) is 5.50. The number of nitrogens with two attached hydrogens (primary N) is 1. The van der Waals surface area contributed by atoms with Gasteiger partial charge in [-0.2, -0.15) is 0 Å². The highest BCUT2D eigenvalue weighted by Gasteiger charge is 2.19. The van der Waals surface area contributed by atoms with Gasteiger partial charge in [-0.15, -0.1) is 0 Å². The topological polar surface area (TPSA) is 78.3 Å². The molecule has 0 radical (unpaired) electrons. The summed E-state index contributed by atoms with van der Waals surface area (Å²) in [5.74, 6) is 0.269. The SMILES string of the molecule is COC(=O)Cc1noc(C)c1-c1ccccc1N. The van der Waals surface area contributed by atoms with Crippen LogP contribution >= 0.6 is 0 Å². The van der Waals surface area contributed by atoms with E-state index in [0.29, 0.717) is 17.1 Å². The van der Waals surface area contributed by atoms with Gasteiger partial charge in [-0.05, 0) is 13.0 Å². The fourth-order valence-corrected chi connectivity index (χ4v) is 1.82. The second-order valence-electron chi connectivity index (χ2n) is 3.90. The second kappa shape index (κ2) is 4.91. The normalized spacial score (nSPS) is 10.3. The van der Waals surface area contributed by atoms with E-state index in [2.05, 4.69) is 9.89 Å². The smallest absolute Gasteiger partial charge is 0.311 e. The lowest BCUT2D eigenvalue weighted by atomic mass is 10.0. The minimum Gasteiger partial charge on any atom is -0.469 e. The van der Waals surface area contributed by atoms with E-state index < -0.39 is 0 Å². The summed E-state index contributed by atoms with van der Waals surface area (Å²) in [5, 5.41) is 3.89. The highest BCUT2D eigenvalue weighted by molar-refractivity contribution is 5.82. The van der Waals surface area contributed by atoms with Crippen molar-refractivity contribution in [3.05, 3.63) is 35.7 Å². The molecule has 0 atom stereocenters. The molecule has 1 aromatic heterocycles. The van der Waals surface area contributed by atoms with Gasteiger partial charge < -0.3 is 15.0 Å². The van der Waals surface area contributed by atoms with Crippen LogP contribution in [0.1, 0.15) is 11.5 Å². The average molecular weight is 246 g/mol. The summed E-state index contributed by atoms with van der Waals surface area (Å²) in [5.41, 5.74) is 8.66. The molecule has 0 saturated carbocycles. The van der Waals surface area contributed by atoms with Crippen LogP contribution < -0.4 is 5.73 Å². The fourth-order valence-electron chi connectivity index (χ4n) is 1.82. The van der Waals surface area contributed by atoms with Gasteiger partial charge in [-0.3, -0.25) is 4.79 Å². The summed E-state index contributed by atoms with van der Waals surface area (Å²) in [4.78, 5) is 11.3. The first-order chi connectivity index (χ1) is 8.63. The number of nitrogens with zero attached hydrogens (tertiary/aromatic N) is 1. The van der Waals surface area contributed by atoms with Gasteiger partial charge in [0.2, 0.25) is 0 Å². The molecular weight excluding hydrogens is 232 g/mol. The third-order valence-corrected chi connectivity index (χ3v) is 2.70. The van der Waals surface area contributed by atoms with Gasteiger partial charge in [0.25, 0.3) is 0 Å². The number of hydrogen-bond donors (Lipinski definition) is 1. The Morgan fingerprint density at radius 3 is 2.83 bits per heavy atom. The Morgan fingerprint density at radius 2 is 2.17 bits per heavy atom. The van der Waals surface area contributed by atoms with Gasteiger partial charge in [0.15, 0.2) is 0 Å². The van der Waals surface area contributed by atoms with E-state index in [0.717, 1.165) is 11.1 Å². The quantitative estimate of drug-likeness (QED) is 0.661. The second-order valence-corrected chi connectivity index (χ2v) is 3.90. The van der Waals surface area contributed by atoms with Gasteiger partial charge in [-0.25, -0.2) is 0 Å². The number of nitrogen functional groups attached to an aromatic ring is 1. The minimum absolute atomic E-state index is 0.0670. The van der Waals surface area contributed by atoms with Crippen LogP contribution in [0, 0.1) is 6.92 Å². The molecule has 2 aromatic rings. The predicted octanol–water partition coefficient (Wildman–Crippen LogP) is 1.95. The van der Waals surface area contributed by atoms with Gasteiger partial charge in [0.05, 0.1) is 19.1 Å². The molecule has 5 heteroatoms. The van der Waals surface area contributed by atoms with Crippen molar-refractivity contribution in [3.8, 4) is 11.1 Å². The Bertz CT molecular complexity index is 575. The molecule has 0 aliphatic carbocycles. The van der Waals surface area contributed by atoms with Crippen molar-refractivity contribution in [3.63, 3.8) is 0 Å². The van der Waals surface area contributed by atoms with E-state index in [1.54, 1.807) is 13.0 Å².